The number of carbonyl (C=O) groups is 2. The maximum Gasteiger partial charge on any atom is 0.339 e. The number of hydrogen-bond donors (Lipinski definition) is 4. The minimum Gasteiger partial charge on any atom is -0.478 e. The van der Waals surface area contributed by atoms with Crippen LogP contribution in [-0.2, 0) is 4.79 Å². The van der Waals surface area contributed by atoms with Gasteiger partial charge in [-0.05, 0) is 12.3 Å². The fourth-order valence-electron chi connectivity index (χ4n) is 1.77. The van der Waals surface area contributed by atoms with Crippen LogP contribution in [0.3, 0.4) is 0 Å². The molecule has 9 heteroatoms. The zero-order valence-electron chi connectivity index (χ0n) is 13.8. The fraction of sp³-hybridized carbons (Fsp3) is 0.125. The number of rotatable bonds is 5. The Bertz CT molecular complexity index is 784. The number of aromatic nitrogens is 2. The van der Waals surface area contributed by atoms with Crippen LogP contribution >= 0.6 is 11.3 Å². The van der Waals surface area contributed by atoms with Gasteiger partial charge in [-0.25, -0.2) is 4.79 Å². The third kappa shape index (κ3) is 4.88. The number of nitrogens with zero attached hydrogens (tertiary/aromatic N) is 2. The normalized spacial score (nSPS) is 10.9. The lowest BCUT2D eigenvalue weighted by molar-refractivity contribution is -0.112. The first kappa shape index (κ1) is 19.8. The van der Waals surface area contributed by atoms with Gasteiger partial charge in [-0.3, -0.25) is 14.8 Å². The average Bonchev–Trinajstić information content (AvgIpc) is 3.05. The Morgan fingerprint density at radius 1 is 1.28 bits per heavy atom. The number of carboxylic acids is 1. The monoisotopic (exact) mass is 361 g/mol. The van der Waals surface area contributed by atoms with Gasteiger partial charge in [0.25, 0.3) is 5.91 Å². The summed E-state index contributed by atoms with van der Waals surface area (Å²) in [6.45, 7) is 4.00. The molecule has 0 aliphatic carbocycles. The van der Waals surface area contributed by atoms with Crippen molar-refractivity contribution in [3.05, 3.63) is 53.6 Å². The van der Waals surface area contributed by atoms with E-state index < -0.39 is 11.9 Å². The van der Waals surface area contributed by atoms with Crippen molar-refractivity contribution in [2.45, 2.75) is 13.8 Å². The Morgan fingerprint density at radius 2 is 2.00 bits per heavy atom. The van der Waals surface area contributed by atoms with Crippen molar-refractivity contribution in [3.63, 3.8) is 0 Å². The third-order valence-electron chi connectivity index (χ3n) is 2.77. The van der Waals surface area contributed by atoms with E-state index >= 15 is 0 Å². The molecule has 0 fully saturated rings. The molecule has 0 bridgehead atoms. The molecule has 0 saturated heterocycles. The van der Waals surface area contributed by atoms with Crippen LogP contribution in [-0.4, -0.2) is 27.0 Å². The summed E-state index contributed by atoms with van der Waals surface area (Å²) in [4.78, 5) is 32.0. The molecule has 132 valence electrons. The quantitative estimate of drug-likeness (QED) is 0.472. The van der Waals surface area contributed by atoms with Gasteiger partial charge in [0, 0.05) is 24.0 Å². The van der Waals surface area contributed by atoms with E-state index in [4.69, 9.17) is 11.5 Å². The van der Waals surface area contributed by atoms with Gasteiger partial charge in [0.15, 0.2) is 0 Å². The molecule has 0 unspecified atom stereocenters. The van der Waals surface area contributed by atoms with E-state index in [1.165, 1.54) is 30.0 Å². The molecule has 1 amide bonds. The number of carbonyl (C=O) groups excluding carboxylic acids is 1. The van der Waals surface area contributed by atoms with Gasteiger partial charge >= 0.3 is 5.97 Å². The predicted molar refractivity (Wildman–Crippen MR) is 97.9 cm³/mol. The van der Waals surface area contributed by atoms with Crippen LogP contribution in [0.5, 0.6) is 0 Å². The molecule has 0 spiro atoms. The number of thiophene rings is 1. The van der Waals surface area contributed by atoms with Gasteiger partial charge in [-0.2, -0.15) is 0 Å². The van der Waals surface area contributed by atoms with E-state index in [-0.39, 0.29) is 16.8 Å². The van der Waals surface area contributed by atoms with Crippen LogP contribution in [0, 0.1) is 0 Å². The van der Waals surface area contributed by atoms with Crippen molar-refractivity contribution < 1.29 is 14.7 Å². The van der Waals surface area contributed by atoms with Crippen molar-refractivity contribution in [2.24, 2.45) is 11.5 Å². The lowest BCUT2D eigenvalue weighted by atomic mass is 10.1. The van der Waals surface area contributed by atoms with E-state index in [0.717, 1.165) is 23.7 Å². The highest BCUT2D eigenvalue weighted by Gasteiger charge is 2.22. The van der Waals surface area contributed by atoms with Gasteiger partial charge in [0.2, 0.25) is 0 Å². The summed E-state index contributed by atoms with van der Waals surface area (Å²) in [6.07, 6.45) is 7.94. The SMILES string of the molecule is CC.N/C=C\C(=C/N)C(=O)Nc1csc(-c2cnccn2)c1C(=O)O. The minimum absolute atomic E-state index is 0.0584. The Labute approximate surface area is 148 Å². The first-order valence-corrected chi connectivity index (χ1v) is 8.19. The summed E-state index contributed by atoms with van der Waals surface area (Å²) in [7, 11) is 0. The van der Waals surface area contributed by atoms with Crippen LogP contribution in [0.4, 0.5) is 5.69 Å². The molecule has 8 nitrogen and oxygen atoms in total. The van der Waals surface area contributed by atoms with Crippen molar-refractivity contribution in [3.8, 4) is 10.6 Å². The zero-order chi connectivity index (χ0) is 18.8. The first-order valence-electron chi connectivity index (χ1n) is 7.31. The average molecular weight is 361 g/mol. The first-order chi connectivity index (χ1) is 12.1. The Kier molecular flexibility index (Phi) is 7.80. The van der Waals surface area contributed by atoms with Gasteiger partial charge in [-0.1, -0.05) is 13.8 Å². The van der Waals surface area contributed by atoms with Crippen molar-refractivity contribution >= 4 is 28.9 Å². The molecular weight excluding hydrogens is 342 g/mol. The van der Waals surface area contributed by atoms with Crippen molar-refractivity contribution in [1.82, 2.24) is 9.97 Å². The molecule has 2 aromatic heterocycles. The molecule has 6 N–H and O–H groups in total. The summed E-state index contributed by atoms with van der Waals surface area (Å²) in [5, 5.41) is 13.5. The highest BCUT2D eigenvalue weighted by molar-refractivity contribution is 7.14. The highest BCUT2D eigenvalue weighted by Crippen LogP contribution is 2.34. The zero-order valence-corrected chi connectivity index (χ0v) is 14.6. The summed E-state index contributed by atoms with van der Waals surface area (Å²) >= 11 is 1.14. The Morgan fingerprint density at radius 3 is 2.52 bits per heavy atom. The second-order valence-electron chi connectivity index (χ2n) is 4.18. The molecule has 0 aliphatic heterocycles. The number of anilines is 1. The van der Waals surface area contributed by atoms with E-state index in [9.17, 15) is 14.7 Å². The summed E-state index contributed by atoms with van der Waals surface area (Å²) in [5.41, 5.74) is 11.2. The lowest BCUT2D eigenvalue weighted by Crippen LogP contribution is -2.16. The molecule has 0 saturated carbocycles. The topological polar surface area (TPSA) is 144 Å². The molecule has 2 rings (SSSR count). The number of amides is 1. The van der Waals surface area contributed by atoms with E-state index in [0.29, 0.717) is 10.6 Å². The summed E-state index contributed by atoms with van der Waals surface area (Å²) in [5.74, 6) is -1.75. The minimum atomic E-state index is -1.19. The third-order valence-corrected chi connectivity index (χ3v) is 3.77. The fourth-order valence-corrected chi connectivity index (χ4v) is 2.73. The predicted octanol–water partition coefficient (Wildman–Crippen LogP) is 2.18. The maximum absolute atomic E-state index is 12.1. The van der Waals surface area contributed by atoms with Gasteiger partial charge in [0.05, 0.1) is 28.0 Å². The van der Waals surface area contributed by atoms with E-state index in [1.807, 2.05) is 13.8 Å². The van der Waals surface area contributed by atoms with Crippen molar-refractivity contribution in [2.75, 3.05) is 5.32 Å². The van der Waals surface area contributed by atoms with Crippen LogP contribution in [0.25, 0.3) is 10.6 Å². The number of nitrogens with one attached hydrogen (secondary N) is 1. The van der Waals surface area contributed by atoms with E-state index in [2.05, 4.69) is 15.3 Å². The lowest BCUT2D eigenvalue weighted by Gasteiger charge is -2.06. The Hall–Kier alpha value is -3.20. The molecule has 0 aliphatic rings. The standard InChI is InChI=1S/C14H13N5O3S.C2H6/c15-2-1-8(5-16)13(20)19-10-7-23-12(11(10)14(21)22)9-6-17-3-4-18-9;1-2/h1-7H,15-16H2,(H,19,20)(H,21,22);1-2H3/b2-1-,8-5+;. The van der Waals surface area contributed by atoms with Crippen LogP contribution < -0.4 is 16.8 Å². The molecule has 0 aromatic carbocycles. The molecule has 25 heavy (non-hydrogen) atoms. The van der Waals surface area contributed by atoms with Gasteiger partial charge < -0.3 is 21.9 Å². The van der Waals surface area contributed by atoms with Crippen LogP contribution in [0.2, 0.25) is 0 Å². The van der Waals surface area contributed by atoms with Crippen molar-refractivity contribution in [1.29, 1.82) is 0 Å². The maximum atomic E-state index is 12.1. The molecule has 0 atom stereocenters. The Balaban J connectivity index is 0.00000151. The summed E-state index contributed by atoms with van der Waals surface area (Å²) < 4.78 is 0. The largest absolute Gasteiger partial charge is 0.478 e. The number of carboxylic acid groups (broad SMARTS) is 1. The number of aromatic carboxylic acids is 1. The van der Waals surface area contributed by atoms with E-state index in [1.54, 1.807) is 0 Å². The van der Waals surface area contributed by atoms with Gasteiger partial charge in [0.1, 0.15) is 5.56 Å². The second-order valence-corrected chi connectivity index (χ2v) is 5.06. The number of nitrogens with two attached hydrogens (primary N) is 2. The second kappa shape index (κ2) is 9.83. The number of hydrogen-bond acceptors (Lipinski definition) is 7. The molecule has 2 aromatic rings. The van der Waals surface area contributed by atoms with Gasteiger partial charge in [-0.15, -0.1) is 11.3 Å². The highest BCUT2D eigenvalue weighted by atomic mass is 32.1. The smallest absolute Gasteiger partial charge is 0.339 e. The van der Waals surface area contributed by atoms with Crippen LogP contribution in [0.15, 0.2) is 48.0 Å². The molecular formula is C16H19N5O3S. The van der Waals surface area contributed by atoms with Crippen LogP contribution in [0.1, 0.15) is 24.2 Å². The molecule has 2 heterocycles. The summed E-state index contributed by atoms with van der Waals surface area (Å²) in [6, 6.07) is 0. The molecule has 0 radical (unpaired) electrons.